The van der Waals surface area contributed by atoms with Gasteiger partial charge >= 0.3 is 0 Å². The number of pyridine rings is 1. The number of ketones is 1. The van der Waals surface area contributed by atoms with Crippen molar-refractivity contribution in [3.05, 3.63) is 77.7 Å². The fraction of sp³-hybridized carbons (Fsp3) is 0.486. The van der Waals surface area contributed by atoms with Gasteiger partial charge in [-0.25, -0.2) is 0 Å². The Labute approximate surface area is 248 Å². The van der Waals surface area contributed by atoms with Crippen molar-refractivity contribution in [3.63, 3.8) is 0 Å². The fourth-order valence-corrected chi connectivity index (χ4v) is 6.25. The van der Waals surface area contributed by atoms with Crippen LogP contribution in [0, 0.1) is 22.8 Å². The predicted molar refractivity (Wildman–Crippen MR) is 158 cm³/mol. The van der Waals surface area contributed by atoms with Crippen molar-refractivity contribution in [1.82, 2.24) is 4.98 Å². The molecule has 0 bridgehead atoms. The van der Waals surface area contributed by atoms with Crippen LogP contribution in [0.15, 0.2) is 66.1 Å². The number of aliphatic hydroxyl groups excluding tert-OH is 1. The molecule has 1 aromatic heterocycles. The van der Waals surface area contributed by atoms with Crippen LogP contribution in [-0.2, 0) is 24.9 Å². The Morgan fingerprint density at radius 3 is 2.31 bits per heavy atom. The predicted octanol–water partition coefficient (Wildman–Crippen LogP) is 9.62. The molecule has 1 N–H and O–H groups in total. The van der Waals surface area contributed by atoms with Crippen LogP contribution in [0.4, 0.5) is 0 Å². The number of nitrogens with zero attached hydrogens (tertiary/aromatic N) is 1. The van der Waals surface area contributed by atoms with Crippen LogP contribution in [-0.4, -0.2) is 15.9 Å². The Morgan fingerprint density at radius 2 is 1.69 bits per heavy atom. The molecule has 1 radical (unpaired) electrons. The van der Waals surface area contributed by atoms with Gasteiger partial charge in [0.1, 0.15) is 5.76 Å². The summed E-state index contributed by atoms with van der Waals surface area (Å²) < 4.78 is 0. The standard InChI is InChI=1S/C18H16N.C17H28O2.Ir/c1-13(2)14-7-9-16(10-8-14)18-17-6-4-3-5-15(17)11-12-19-18;1-5-16(4)10-8-12-9-11-17(6-2,7-3)15(19)13(12)14(16)18;/h3-9,11-13H,1-2H3;12,18H,5-11H2,1-4H3;/q-1;;/t;12?,16-;/m.0./s1. The number of Topliss-reactive ketones (excluding diaryl/α,β-unsaturated/α-hetero) is 1. The number of allylic oxidation sites excluding steroid dienone is 2. The van der Waals surface area contributed by atoms with Crippen LogP contribution >= 0.6 is 0 Å². The molecule has 0 amide bonds. The number of fused-ring (bicyclic) bond motifs is 2. The van der Waals surface area contributed by atoms with Crippen molar-refractivity contribution in [1.29, 1.82) is 0 Å². The maximum Gasteiger partial charge on any atom is 0.168 e. The number of rotatable bonds is 5. The summed E-state index contributed by atoms with van der Waals surface area (Å²) in [5.74, 6) is 1.52. The van der Waals surface area contributed by atoms with E-state index < -0.39 is 0 Å². The second-order valence-electron chi connectivity index (χ2n) is 11.8. The Balaban J connectivity index is 0.000000210. The number of hydrogen-bond donors (Lipinski definition) is 1. The van der Waals surface area contributed by atoms with Crippen LogP contribution in [0.1, 0.15) is 98.0 Å². The van der Waals surface area contributed by atoms with Gasteiger partial charge in [0.2, 0.25) is 0 Å². The molecule has 1 heterocycles. The molecule has 2 atom stereocenters. The molecule has 1 saturated carbocycles. The zero-order valence-electron chi connectivity index (χ0n) is 24.4. The first-order valence-corrected chi connectivity index (χ1v) is 14.5. The molecule has 0 saturated heterocycles. The van der Waals surface area contributed by atoms with Crippen molar-refractivity contribution in [2.24, 2.45) is 16.7 Å². The second-order valence-corrected chi connectivity index (χ2v) is 11.8. The van der Waals surface area contributed by atoms with E-state index >= 15 is 0 Å². The summed E-state index contributed by atoms with van der Waals surface area (Å²) in [6.07, 6.45) is 8.73. The largest absolute Gasteiger partial charge is 0.511 e. The molecule has 3 aromatic rings. The van der Waals surface area contributed by atoms with Gasteiger partial charge in [-0.05, 0) is 73.4 Å². The zero-order chi connectivity index (χ0) is 27.5. The molecule has 3 nitrogen and oxygen atoms in total. The van der Waals surface area contributed by atoms with Crippen molar-refractivity contribution in [3.8, 4) is 11.3 Å². The summed E-state index contributed by atoms with van der Waals surface area (Å²) in [5.41, 5.74) is 3.79. The summed E-state index contributed by atoms with van der Waals surface area (Å²) >= 11 is 0. The zero-order valence-corrected chi connectivity index (χ0v) is 26.8. The van der Waals surface area contributed by atoms with Gasteiger partial charge in [-0.15, -0.1) is 35.4 Å². The van der Waals surface area contributed by atoms with Gasteiger partial charge < -0.3 is 10.1 Å². The maximum atomic E-state index is 12.9. The van der Waals surface area contributed by atoms with Crippen molar-refractivity contribution in [2.75, 3.05) is 0 Å². The van der Waals surface area contributed by atoms with Gasteiger partial charge in [0.25, 0.3) is 0 Å². The van der Waals surface area contributed by atoms with Gasteiger partial charge in [0.05, 0.1) is 0 Å². The van der Waals surface area contributed by atoms with Crippen molar-refractivity contribution in [2.45, 2.75) is 92.4 Å². The van der Waals surface area contributed by atoms with E-state index in [1.54, 1.807) is 0 Å². The van der Waals surface area contributed by atoms with Crippen molar-refractivity contribution >= 4 is 16.6 Å². The molecule has 2 aliphatic carbocycles. The monoisotopic (exact) mass is 703 g/mol. The van der Waals surface area contributed by atoms with E-state index in [9.17, 15) is 9.90 Å². The van der Waals surface area contributed by atoms with Crippen molar-refractivity contribution < 1.29 is 30.0 Å². The van der Waals surface area contributed by atoms with Crippen LogP contribution in [0.25, 0.3) is 22.0 Å². The Kier molecular flexibility index (Phi) is 10.3. The normalized spacial score (nSPS) is 22.1. The molecule has 4 heteroatoms. The van der Waals surface area contributed by atoms with E-state index in [-0.39, 0.29) is 36.7 Å². The van der Waals surface area contributed by atoms with Gasteiger partial charge in [-0.3, -0.25) is 4.79 Å². The van der Waals surface area contributed by atoms with Gasteiger partial charge in [-0.1, -0.05) is 71.7 Å². The molecule has 2 aromatic carbocycles. The van der Waals surface area contributed by atoms with E-state index in [4.69, 9.17) is 0 Å². The smallest absolute Gasteiger partial charge is 0.168 e. The average Bonchev–Trinajstić information content (AvgIpc) is 2.95. The molecule has 5 rings (SSSR count). The Morgan fingerprint density at radius 1 is 1.00 bits per heavy atom. The van der Waals surface area contributed by atoms with Gasteiger partial charge in [-0.2, -0.15) is 0 Å². The minimum atomic E-state index is -0.203. The maximum absolute atomic E-state index is 12.9. The SMILES string of the molecule is CC(C)c1c[c-]c(-c2nccc3ccccc23)cc1.CCC1(CC)CCC2CC[C@](C)(CC)C(O)=C2C1=O.[Ir]. The molecule has 2 aliphatic rings. The summed E-state index contributed by atoms with van der Waals surface area (Å²) in [4.78, 5) is 17.5. The molecular formula is C35H44IrNO2-. The Bertz CT molecular complexity index is 1300. The number of carbonyl (C=O) groups is 1. The summed E-state index contributed by atoms with van der Waals surface area (Å²) in [5, 5.41) is 13.1. The van der Waals surface area contributed by atoms with Crippen LogP contribution in [0.2, 0.25) is 0 Å². The molecule has 1 fully saturated rings. The van der Waals surface area contributed by atoms with Gasteiger partial charge in [0, 0.05) is 42.7 Å². The number of benzene rings is 2. The van der Waals surface area contributed by atoms with Crippen LogP contribution in [0.3, 0.4) is 0 Å². The Hall–Kier alpha value is -2.29. The molecule has 211 valence electrons. The number of hydrogen-bond acceptors (Lipinski definition) is 3. The second kappa shape index (κ2) is 12.9. The van der Waals surface area contributed by atoms with E-state index in [0.717, 1.165) is 61.8 Å². The van der Waals surface area contributed by atoms with E-state index in [2.05, 4.69) is 95.1 Å². The van der Waals surface area contributed by atoms with E-state index in [1.807, 2.05) is 12.3 Å². The third-order valence-corrected chi connectivity index (χ3v) is 9.54. The summed E-state index contributed by atoms with van der Waals surface area (Å²) in [6.45, 7) is 12.8. The molecular weight excluding hydrogens is 659 g/mol. The number of carbonyl (C=O) groups excluding carboxylic acids is 1. The summed E-state index contributed by atoms with van der Waals surface area (Å²) in [6, 6.07) is 20.1. The minimum Gasteiger partial charge on any atom is -0.511 e. The average molecular weight is 703 g/mol. The molecule has 0 spiro atoms. The number of aromatic nitrogens is 1. The van der Waals surface area contributed by atoms with Crippen LogP contribution < -0.4 is 0 Å². The topological polar surface area (TPSA) is 50.2 Å². The number of aliphatic hydroxyl groups is 1. The molecule has 39 heavy (non-hydrogen) atoms. The first kappa shape index (κ1) is 31.2. The first-order chi connectivity index (χ1) is 18.2. The quantitative estimate of drug-likeness (QED) is 0.270. The first-order valence-electron chi connectivity index (χ1n) is 14.5. The van der Waals surface area contributed by atoms with E-state index in [1.165, 1.54) is 16.3 Å². The third-order valence-electron chi connectivity index (χ3n) is 9.54. The molecule has 1 unspecified atom stereocenters. The van der Waals surface area contributed by atoms with E-state index in [0.29, 0.717) is 17.6 Å². The van der Waals surface area contributed by atoms with Gasteiger partial charge in [0.15, 0.2) is 5.78 Å². The fourth-order valence-electron chi connectivity index (χ4n) is 6.25. The summed E-state index contributed by atoms with van der Waals surface area (Å²) in [7, 11) is 0. The molecule has 0 aliphatic heterocycles. The van der Waals surface area contributed by atoms with Crippen LogP contribution in [0.5, 0.6) is 0 Å². The minimum absolute atomic E-state index is 0. The third kappa shape index (κ3) is 6.08.